The molecule has 0 aromatic carbocycles. The van der Waals surface area contributed by atoms with Crippen LogP contribution < -0.4 is 33.7 Å². The van der Waals surface area contributed by atoms with Crippen molar-refractivity contribution in [3.05, 3.63) is 124 Å². The van der Waals surface area contributed by atoms with E-state index >= 15 is 0 Å². The summed E-state index contributed by atoms with van der Waals surface area (Å²) in [5.74, 6) is -2.45. The van der Waals surface area contributed by atoms with Crippen LogP contribution in [0.2, 0.25) is 0 Å². The number of nitrogens with zero attached hydrogens (tertiary/aromatic N) is 3. The molecule has 3 aromatic heterocycles. The Bertz CT molecular complexity index is 2770. The molecule has 0 aliphatic carbocycles. The smallest absolute Gasteiger partial charge is 0.330 e. The number of aromatic nitrogens is 6. The summed E-state index contributed by atoms with van der Waals surface area (Å²) in [5, 5.41) is 29.4. The largest absolute Gasteiger partial charge is 0.463 e. The number of aromatic amines is 3. The molecule has 0 amide bonds. The molecule has 26 nitrogen and oxygen atoms in total. The molecule has 5 fully saturated rings. The number of aliphatic hydroxyl groups is 3. The van der Waals surface area contributed by atoms with E-state index in [1.165, 1.54) is 33.7 Å². The molecule has 5 aliphatic rings. The average molecular weight is 1030 g/mol. The van der Waals surface area contributed by atoms with Gasteiger partial charge in [0.1, 0.15) is 68.1 Å². The van der Waals surface area contributed by atoms with Crippen molar-refractivity contribution in [1.29, 1.82) is 0 Å². The molecular formula is C47H64N6O20. The van der Waals surface area contributed by atoms with Crippen LogP contribution in [0.3, 0.4) is 0 Å². The van der Waals surface area contributed by atoms with Gasteiger partial charge in [0.2, 0.25) is 0 Å². The van der Waals surface area contributed by atoms with Gasteiger partial charge in [-0.1, -0.05) is 38.2 Å². The predicted molar refractivity (Wildman–Crippen MR) is 252 cm³/mol. The second-order valence-corrected chi connectivity index (χ2v) is 18.2. The molecule has 5 aliphatic heterocycles. The van der Waals surface area contributed by atoms with E-state index in [1.807, 2.05) is 43.1 Å². The zero-order valence-corrected chi connectivity index (χ0v) is 41.2. The van der Waals surface area contributed by atoms with Gasteiger partial charge in [0, 0.05) is 49.6 Å². The summed E-state index contributed by atoms with van der Waals surface area (Å²) < 4.78 is 54.1. The molecule has 5 unspecified atom stereocenters. The lowest BCUT2D eigenvalue weighted by molar-refractivity contribution is -0.203. The molecule has 0 radical (unpaired) electrons. The maximum atomic E-state index is 12.2. The first-order valence-corrected chi connectivity index (χ1v) is 23.9. The number of nitrogens with one attached hydrogen (secondary N) is 3. The quantitative estimate of drug-likeness (QED) is 0.0788. The normalized spacial score (nSPS) is 29.5. The van der Waals surface area contributed by atoms with E-state index in [4.69, 9.17) is 42.6 Å². The van der Waals surface area contributed by atoms with Crippen molar-refractivity contribution in [2.75, 3.05) is 19.8 Å². The molecule has 8 heterocycles. The fraction of sp³-hybridized carbons (Fsp3) is 0.617. The minimum atomic E-state index is -1.40. The zero-order valence-electron chi connectivity index (χ0n) is 41.2. The van der Waals surface area contributed by atoms with Gasteiger partial charge in [-0.15, -0.1) is 0 Å². The monoisotopic (exact) mass is 1030 g/mol. The third-order valence-electron chi connectivity index (χ3n) is 11.8. The van der Waals surface area contributed by atoms with Crippen LogP contribution in [0.25, 0.3) is 0 Å². The van der Waals surface area contributed by atoms with Crippen LogP contribution in [0.5, 0.6) is 0 Å². The van der Waals surface area contributed by atoms with Crippen molar-refractivity contribution in [2.45, 2.75) is 165 Å². The summed E-state index contributed by atoms with van der Waals surface area (Å²) in [6, 6.07) is 3.56. The molecular weight excluding hydrogens is 969 g/mol. The first kappa shape index (κ1) is 56.4. The highest BCUT2D eigenvalue weighted by Gasteiger charge is 2.57. The van der Waals surface area contributed by atoms with Gasteiger partial charge in [-0.2, -0.15) is 0 Å². The van der Waals surface area contributed by atoms with E-state index in [9.17, 15) is 53.7 Å². The molecule has 26 heteroatoms. The number of esters is 2. The highest BCUT2D eigenvalue weighted by atomic mass is 16.8. The van der Waals surface area contributed by atoms with Gasteiger partial charge in [-0.3, -0.25) is 52.6 Å². The highest BCUT2D eigenvalue weighted by Crippen LogP contribution is 2.44. The van der Waals surface area contributed by atoms with Crippen molar-refractivity contribution in [2.24, 2.45) is 0 Å². The number of allylic oxidation sites excluding steroid dienone is 4. The Labute approximate surface area is 416 Å². The van der Waals surface area contributed by atoms with E-state index < -0.39 is 125 Å². The standard InChI is InChI=1S/C19H26N2O7.C16H22N2O7.C12H16N2O6/c1-4-5-6-7-8-14(23)25-11-12-15-16(28-19(2,3)27-15)17(26-12)21-10-9-13(22)20-18(21)24;1-2-3-4-5-6-12(20)24-9-10-13(21)14(22)15(25-10)18-8-7-11(19)17-16(18)23;1-12(2)19-8-6(5-15)18-10(9(8)20-12)14-4-3-7(16)13-11(14)17/h5-6,9-10,12,15-17H,4,7-8,11H2,1-3H3,(H,20,22,24);3-4,7-8,10,13-15,21-22H,2,5-6,9H2,1H3,(H,17,19,23);3-4,6,8-10,15H,5H2,1-2H3,(H,13,16,17)/b6-5-;4-3-;/t12-,15?,16?,17-;10?,13?,14?,15-;6-,8-,9-,10-/m111/s1. The Morgan fingerprint density at radius 1 is 0.562 bits per heavy atom. The van der Waals surface area contributed by atoms with Crippen molar-refractivity contribution in [3.8, 4) is 0 Å². The maximum Gasteiger partial charge on any atom is 0.330 e. The summed E-state index contributed by atoms with van der Waals surface area (Å²) in [5.41, 5.74) is -3.54. The summed E-state index contributed by atoms with van der Waals surface area (Å²) in [7, 11) is 0. The first-order valence-electron chi connectivity index (χ1n) is 23.9. The predicted octanol–water partition coefficient (Wildman–Crippen LogP) is -0.364. The first-order chi connectivity index (χ1) is 34.6. The van der Waals surface area contributed by atoms with Crippen molar-refractivity contribution in [1.82, 2.24) is 28.7 Å². The number of carbonyl (C=O) groups is 2. The molecule has 5 saturated heterocycles. The molecule has 6 N–H and O–H groups in total. The number of carbonyl (C=O) groups excluding carboxylic acids is 2. The van der Waals surface area contributed by atoms with E-state index in [1.54, 1.807) is 27.7 Å². The molecule has 0 spiro atoms. The van der Waals surface area contributed by atoms with E-state index in [-0.39, 0.29) is 38.6 Å². The average Bonchev–Trinajstić information content (AvgIpc) is 4.10. The number of hydrogen-bond donors (Lipinski definition) is 6. The number of ether oxygens (including phenoxy) is 9. The summed E-state index contributed by atoms with van der Waals surface area (Å²) in [6.45, 7) is 10.6. The van der Waals surface area contributed by atoms with Crippen molar-refractivity contribution < 1.29 is 67.5 Å². The number of rotatable bonds is 16. The molecule has 3 aromatic rings. The van der Waals surface area contributed by atoms with E-state index in [0.29, 0.717) is 12.8 Å². The molecule has 73 heavy (non-hydrogen) atoms. The Morgan fingerprint density at radius 3 is 1.34 bits per heavy atom. The number of H-pyrrole nitrogens is 3. The fourth-order valence-electron chi connectivity index (χ4n) is 8.49. The van der Waals surface area contributed by atoms with Crippen LogP contribution in [0.15, 0.2) is 89.9 Å². The topological polar surface area (TPSA) is 342 Å². The Balaban J connectivity index is 0.000000181. The second kappa shape index (κ2) is 24.9. The SMILES string of the molecule is CC/C=C\CCC(=O)OCC1O[C@@H](n2ccc(=O)[nH]c2=O)C(O)C1O.CC/C=C\CCC(=O)OC[C@H]1O[C@@H](n2ccc(=O)[nH]c2=O)C2OC(C)(C)OC21.CC1(C)O[C@@H]2[C@H](O1)[C@@H](CO)O[C@H]2n1ccc(=O)[nH]c1=O. The summed E-state index contributed by atoms with van der Waals surface area (Å²) in [4.78, 5) is 99.3. The third kappa shape index (κ3) is 14.4. The Hall–Kier alpha value is -5.94. The van der Waals surface area contributed by atoms with Crippen LogP contribution in [0.4, 0.5) is 0 Å². The maximum absolute atomic E-state index is 12.2. The van der Waals surface area contributed by atoms with Gasteiger partial charge in [-0.05, 0) is 53.4 Å². The summed E-state index contributed by atoms with van der Waals surface area (Å²) >= 11 is 0. The fourth-order valence-corrected chi connectivity index (χ4v) is 8.49. The molecule has 0 saturated carbocycles. The Morgan fingerprint density at radius 2 is 0.932 bits per heavy atom. The minimum absolute atomic E-state index is 0.00840. The molecule has 12 atom stereocenters. The third-order valence-corrected chi connectivity index (χ3v) is 11.8. The van der Waals surface area contributed by atoms with Gasteiger partial charge in [0.15, 0.2) is 30.3 Å². The van der Waals surface area contributed by atoms with Gasteiger partial charge < -0.3 is 58.0 Å². The molecule has 8 rings (SSSR count). The second-order valence-electron chi connectivity index (χ2n) is 18.2. The zero-order chi connectivity index (χ0) is 53.2. The molecule has 0 bridgehead atoms. The minimum Gasteiger partial charge on any atom is -0.463 e. The van der Waals surface area contributed by atoms with E-state index in [2.05, 4.69) is 9.97 Å². The lowest BCUT2D eigenvalue weighted by Gasteiger charge is -2.24. The van der Waals surface area contributed by atoms with Crippen LogP contribution in [-0.2, 0) is 52.2 Å². The van der Waals surface area contributed by atoms with Crippen LogP contribution in [0.1, 0.15) is 98.8 Å². The molecule has 402 valence electrons. The van der Waals surface area contributed by atoms with Gasteiger partial charge >= 0.3 is 29.0 Å². The van der Waals surface area contributed by atoms with E-state index in [0.717, 1.165) is 29.7 Å². The van der Waals surface area contributed by atoms with Crippen molar-refractivity contribution in [3.63, 3.8) is 0 Å². The van der Waals surface area contributed by atoms with Crippen molar-refractivity contribution >= 4 is 11.9 Å². The van der Waals surface area contributed by atoms with Gasteiger partial charge in [0.25, 0.3) is 16.7 Å². The highest BCUT2D eigenvalue weighted by molar-refractivity contribution is 5.69. The number of hydrogen-bond acceptors (Lipinski definition) is 20. The number of fused-ring (bicyclic) bond motifs is 2. The lowest BCUT2D eigenvalue weighted by atomic mass is 10.1. The van der Waals surface area contributed by atoms with Crippen LogP contribution in [-0.4, -0.2) is 142 Å². The van der Waals surface area contributed by atoms with Gasteiger partial charge in [-0.25, -0.2) is 14.4 Å². The summed E-state index contributed by atoms with van der Waals surface area (Å²) in [6.07, 6.45) is 5.41. The lowest BCUT2D eigenvalue weighted by Crippen LogP contribution is -2.37. The number of aliphatic hydroxyl groups excluding tert-OH is 3. The van der Waals surface area contributed by atoms with Crippen LogP contribution >= 0.6 is 0 Å². The van der Waals surface area contributed by atoms with Gasteiger partial charge in [0.05, 0.1) is 6.61 Å². The van der Waals surface area contributed by atoms with Crippen LogP contribution in [0, 0.1) is 0 Å². The Kier molecular flexibility index (Phi) is 19.2.